The van der Waals surface area contributed by atoms with Crippen molar-refractivity contribution in [2.24, 2.45) is 0 Å². The van der Waals surface area contributed by atoms with Gasteiger partial charge in [0, 0.05) is 5.69 Å². The largest absolute Gasteiger partial charge is 0.497 e. The number of methoxy groups -OCH3 is 1. The standard InChI is InChI=1S/C18H17BN4O4/c1-11-15-8-3-12(9-16(15)19(25)27-11)20-18(24)17-10-23(22-21-17)13-4-6-14(26-2)7-5-13/h3-11,25H,1-2H3,(H,20,24). The highest BCUT2D eigenvalue weighted by molar-refractivity contribution is 6.61. The molecule has 0 saturated carbocycles. The summed E-state index contributed by atoms with van der Waals surface area (Å²) in [5.74, 6) is 0.338. The van der Waals surface area contributed by atoms with Crippen LogP contribution in [0.3, 0.4) is 0 Å². The molecule has 2 aromatic carbocycles. The van der Waals surface area contributed by atoms with Crippen LogP contribution in [-0.2, 0) is 4.65 Å². The molecule has 0 fully saturated rings. The van der Waals surface area contributed by atoms with Gasteiger partial charge in [0.1, 0.15) is 5.75 Å². The lowest BCUT2D eigenvalue weighted by atomic mass is 9.79. The fourth-order valence-electron chi connectivity index (χ4n) is 3.00. The number of aromatic nitrogens is 3. The fraction of sp³-hybridized carbons (Fsp3) is 0.167. The van der Waals surface area contributed by atoms with Crippen molar-refractivity contribution < 1.29 is 19.2 Å². The Labute approximate surface area is 155 Å². The smallest absolute Gasteiger partial charge is 0.492 e. The normalized spacial score (nSPS) is 15.5. The van der Waals surface area contributed by atoms with Crippen LogP contribution in [0.1, 0.15) is 29.1 Å². The summed E-state index contributed by atoms with van der Waals surface area (Å²) in [5, 5.41) is 20.6. The molecule has 0 radical (unpaired) electrons. The molecule has 3 aromatic rings. The highest BCUT2D eigenvalue weighted by Crippen LogP contribution is 2.24. The van der Waals surface area contributed by atoms with E-state index in [0.29, 0.717) is 11.2 Å². The summed E-state index contributed by atoms with van der Waals surface area (Å²) < 4.78 is 12.0. The van der Waals surface area contributed by atoms with Gasteiger partial charge in [0.2, 0.25) is 0 Å². The Balaban J connectivity index is 1.51. The second-order valence-electron chi connectivity index (χ2n) is 6.17. The topological polar surface area (TPSA) is 98.5 Å². The first-order chi connectivity index (χ1) is 13.0. The van der Waals surface area contributed by atoms with Crippen molar-refractivity contribution in [3.05, 3.63) is 59.9 Å². The van der Waals surface area contributed by atoms with Gasteiger partial charge in [0.15, 0.2) is 5.69 Å². The van der Waals surface area contributed by atoms with Gasteiger partial charge in [0.25, 0.3) is 5.91 Å². The molecule has 1 atom stereocenters. The minimum absolute atomic E-state index is 0.177. The van der Waals surface area contributed by atoms with Crippen LogP contribution in [0, 0.1) is 0 Å². The van der Waals surface area contributed by atoms with Crippen molar-refractivity contribution >= 4 is 24.2 Å². The first-order valence-electron chi connectivity index (χ1n) is 8.40. The number of nitrogens with zero attached hydrogens (tertiary/aromatic N) is 3. The van der Waals surface area contributed by atoms with Gasteiger partial charge in [-0.15, -0.1) is 5.10 Å². The molecule has 1 aliphatic heterocycles. The summed E-state index contributed by atoms with van der Waals surface area (Å²) in [6.45, 7) is 1.87. The lowest BCUT2D eigenvalue weighted by Gasteiger charge is -2.07. The summed E-state index contributed by atoms with van der Waals surface area (Å²) in [6.07, 6.45) is 1.37. The quantitative estimate of drug-likeness (QED) is 0.678. The zero-order valence-electron chi connectivity index (χ0n) is 14.8. The van der Waals surface area contributed by atoms with E-state index in [4.69, 9.17) is 9.39 Å². The van der Waals surface area contributed by atoms with E-state index in [1.165, 1.54) is 4.68 Å². The molecular formula is C18H17BN4O4. The Kier molecular flexibility index (Phi) is 4.39. The molecule has 2 N–H and O–H groups in total. The number of nitrogens with one attached hydrogen (secondary N) is 1. The van der Waals surface area contributed by atoms with Crippen molar-refractivity contribution in [3.8, 4) is 11.4 Å². The number of ether oxygens (including phenoxy) is 1. The molecule has 1 amide bonds. The van der Waals surface area contributed by atoms with Crippen molar-refractivity contribution in [2.45, 2.75) is 13.0 Å². The second-order valence-corrected chi connectivity index (χ2v) is 6.17. The maximum atomic E-state index is 12.5. The molecule has 9 heteroatoms. The van der Waals surface area contributed by atoms with E-state index in [1.807, 2.05) is 25.1 Å². The molecule has 0 aliphatic carbocycles. The molecule has 0 bridgehead atoms. The number of carbonyl (C=O) groups is 1. The summed E-state index contributed by atoms with van der Waals surface area (Å²) >= 11 is 0. The average Bonchev–Trinajstić information content (AvgIpc) is 3.27. The van der Waals surface area contributed by atoms with Gasteiger partial charge in [0.05, 0.1) is 25.1 Å². The number of anilines is 1. The van der Waals surface area contributed by atoms with Gasteiger partial charge >= 0.3 is 7.12 Å². The summed E-state index contributed by atoms with van der Waals surface area (Å²) in [5.41, 5.74) is 3.05. The monoisotopic (exact) mass is 364 g/mol. The summed E-state index contributed by atoms with van der Waals surface area (Å²) in [6, 6.07) is 12.5. The Hall–Kier alpha value is -3.17. The number of hydrogen-bond donors (Lipinski definition) is 2. The molecule has 0 saturated heterocycles. The number of benzene rings is 2. The van der Waals surface area contributed by atoms with E-state index in [0.717, 1.165) is 17.0 Å². The van der Waals surface area contributed by atoms with Gasteiger partial charge in [-0.05, 0) is 54.3 Å². The van der Waals surface area contributed by atoms with Crippen LogP contribution >= 0.6 is 0 Å². The number of amides is 1. The maximum absolute atomic E-state index is 12.5. The molecule has 1 unspecified atom stereocenters. The van der Waals surface area contributed by atoms with Crippen molar-refractivity contribution in [1.82, 2.24) is 15.0 Å². The predicted octanol–water partition coefficient (Wildman–Crippen LogP) is 1.31. The first-order valence-corrected chi connectivity index (χ1v) is 8.40. The third kappa shape index (κ3) is 3.30. The molecule has 27 heavy (non-hydrogen) atoms. The second kappa shape index (κ2) is 6.86. The Morgan fingerprint density at radius 2 is 2.07 bits per heavy atom. The average molecular weight is 364 g/mol. The minimum Gasteiger partial charge on any atom is -0.497 e. The van der Waals surface area contributed by atoms with Crippen molar-refractivity contribution in [3.63, 3.8) is 0 Å². The van der Waals surface area contributed by atoms with Crippen LogP contribution in [0.4, 0.5) is 5.69 Å². The third-order valence-corrected chi connectivity index (χ3v) is 4.44. The predicted molar refractivity (Wildman–Crippen MR) is 99.4 cm³/mol. The van der Waals surface area contributed by atoms with E-state index in [-0.39, 0.29) is 11.8 Å². The number of rotatable bonds is 4. The zero-order chi connectivity index (χ0) is 19.0. The molecule has 136 valence electrons. The molecule has 8 nitrogen and oxygen atoms in total. The maximum Gasteiger partial charge on any atom is 0.492 e. The number of fused-ring (bicyclic) bond motifs is 1. The Morgan fingerprint density at radius 1 is 1.30 bits per heavy atom. The SMILES string of the molecule is COc1ccc(-n2cc(C(=O)Nc3ccc4c(c3)B(O)OC4C)nn2)cc1. The lowest BCUT2D eigenvalue weighted by Crippen LogP contribution is -2.28. The Morgan fingerprint density at radius 3 is 2.81 bits per heavy atom. The Bertz CT molecular complexity index is 989. The van der Waals surface area contributed by atoms with Crippen LogP contribution < -0.4 is 15.5 Å². The van der Waals surface area contributed by atoms with Crippen LogP contribution in [0.25, 0.3) is 5.69 Å². The van der Waals surface area contributed by atoms with E-state index in [1.54, 1.807) is 37.6 Å². The highest BCUT2D eigenvalue weighted by atomic mass is 16.5. The van der Waals surface area contributed by atoms with Crippen molar-refractivity contribution in [1.29, 1.82) is 0 Å². The first kappa shape index (κ1) is 17.3. The molecule has 4 rings (SSSR count). The third-order valence-electron chi connectivity index (χ3n) is 4.44. The molecule has 0 spiro atoms. The summed E-state index contributed by atoms with van der Waals surface area (Å²) in [7, 11) is 0.611. The van der Waals surface area contributed by atoms with E-state index in [2.05, 4.69) is 15.6 Å². The van der Waals surface area contributed by atoms with Gasteiger partial charge in [-0.2, -0.15) is 0 Å². The van der Waals surface area contributed by atoms with E-state index in [9.17, 15) is 9.82 Å². The lowest BCUT2D eigenvalue weighted by molar-refractivity contribution is 0.102. The van der Waals surface area contributed by atoms with Crippen LogP contribution in [-0.4, -0.2) is 40.2 Å². The van der Waals surface area contributed by atoms with E-state index >= 15 is 0 Å². The van der Waals surface area contributed by atoms with Gasteiger partial charge in [-0.25, -0.2) is 4.68 Å². The van der Waals surface area contributed by atoms with Crippen LogP contribution in [0.2, 0.25) is 0 Å². The fourth-order valence-corrected chi connectivity index (χ4v) is 3.00. The molecule has 1 aliphatic rings. The van der Waals surface area contributed by atoms with Crippen LogP contribution in [0.5, 0.6) is 5.75 Å². The van der Waals surface area contributed by atoms with E-state index < -0.39 is 13.0 Å². The minimum atomic E-state index is -0.984. The van der Waals surface area contributed by atoms with Gasteiger partial charge < -0.3 is 19.7 Å². The van der Waals surface area contributed by atoms with Gasteiger partial charge in [-0.1, -0.05) is 11.3 Å². The number of hydrogen-bond acceptors (Lipinski definition) is 6. The van der Waals surface area contributed by atoms with Crippen LogP contribution in [0.15, 0.2) is 48.7 Å². The van der Waals surface area contributed by atoms with Gasteiger partial charge in [-0.3, -0.25) is 4.79 Å². The molecule has 1 aromatic heterocycles. The highest BCUT2D eigenvalue weighted by Gasteiger charge is 2.32. The molecule has 2 heterocycles. The zero-order valence-corrected chi connectivity index (χ0v) is 14.8. The van der Waals surface area contributed by atoms with Crippen molar-refractivity contribution in [2.75, 3.05) is 12.4 Å². The molecular weight excluding hydrogens is 347 g/mol. The summed E-state index contributed by atoms with van der Waals surface area (Å²) in [4.78, 5) is 12.5. The number of carbonyl (C=O) groups excluding carboxylic acids is 1.